The van der Waals surface area contributed by atoms with Crippen LogP contribution in [0.15, 0.2) is 95.9 Å². The Kier molecular flexibility index (Phi) is 8.52. The quantitative estimate of drug-likeness (QED) is 0.238. The van der Waals surface area contributed by atoms with Crippen LogP contribution in [0.25, 0.3) is 10.8 Å². The highest BCUT2D eigenvalue weighted by Gasteiger charge is 2.30. The largest absolute Gasteiger partial charge is 0.493 e. The molecule has 0 saturated carbocycles. The molecule has 6 rings (SSSR count). The van der Waals surface area contributed by atoms with Crippen LogP contribution in [-0.2, 0) is 21.4 Å². The van der Waals surface area contributed by atoms with Crippen molar-refractivity contribution in [3.63, 3.8) is 0 Å². The van der Waals surface area contributed by atoms with Gasteiger partial charge in [-0.05, 0) is 66.8 Å². The number of carbonyl (C=O) groups excluding carboxylic acids is 1. The summed E-state index contributed by atoms with van der Waals surface area (Å²) in [5.74, 6) is 0.585. The Labute approximate surface area is 254 Å². The first-order valence-corrected chi connectivity index (χ1v) is 16.6. The van der Waals surface area contributed by atoms with Crippen LogP contribution in [0.4, 0.5) is 0 Å². The smallest absolute Gasteiger partial charge is 0.241 e. The second-order valence-corrected chi connectivity index (χ2v) is 13.6. The summed E-state index contributed by atoms with van der Waals surface area (Å²) in [5, 5.41) is 4.97. The molecule has 4 aromatic rings. The first-order chi connectivity index (χ1) is 20.8. The molecule has 2 aliphatic rings. The summed E-state index contributed by atoms with van der Waals surface area (Å²) < 4.78 is 35.9. The molecule has 2 N–H and O–H groups in total. The van der Waals surface area contributed by atoms with Crippen molar-refractivity contribution >= 4 is 26.7 Å². The number of sulfonamides is 1. The van der Waals surface area contributed by atoms with Gasteiger partial charge in [0.1, 0.15) is 5.75 Å². The summed E-state index contributed by atoms with van der Waals surface area (Å²) in [4.78, 5) is 16.2. The maximum atomic E-state index is 13.5. The molecule has 0 radical (unpaired) electrons. The fraction of sp³-hybridized carbons (Fsp3) is 0.343. The number of rotatable bonds is 9. The SMILES string of the molecule is C[C@@H]1CC[C@@H](C)N1Cc1ccc2c(c1)OCCC2NC(=O)C[C@@H](NS(=O)(=O)c1ccc2ccccc2c1)c1ccccc1. The molecule has 4 aromatic carbocycles. The standard InChI is InChI=1S/C35H39N3O4S/c1-24-12-13-25(2)38(24)23-26-14-17-31-32(18-19-42-34(31)20-26)36-35(39)22-33(28-9-4-3-5-10-28)37-43(40,41)30-16-15-27-8-6-7-11-29(27)21-30/h3-11,14-17,20-21,24-25,32-33,37H,12-13,18-19,22-23H2,1-2H3,(H,36,39)/t24-,25-,32?,33-/m1/s1. The highest BCUT2D eigenvalue weighted by Crippen LogP contribution is 2.35. The molecule has 2 heterocycles. The van der Waals surface area contributed by atoms with Crippen molar-refractivity contribution in [3.05, 3.63) is 108 Å². The van der Waals surface area contributed by atoms with Gasteiger partial charge < -0.3 is 10.1 Å². The van der Waals surface area contributed by atoms with E-state index in [1.165, 1.54) is 18.4 Å². The van der Waals surface area contributed by atoms with E-state index in [-0.39, 0.29) is 23.3 Å². The number of fused-ring (bicyclic) bond motifs is 2. The number of nitrogens with one attached hydrogen (secondary N) is 2. The Morgan fingerprint density at radius 2 is 1.60 bits per heavy atom. The molecule has 0 aliphatic carbocycles. The zero-order valence-corrected chi connectivity index (χ0v) is 25.5. The first-order valence-electron chi connectivity index (χ1n) is 15.1. The van der Waals surface area contributed by atoms with E-state index in [2.05, 4.69) is 47.0 Å². The summed E-state index contributed by atoms with van der Waals surface area (Å²) >= 11 is 0. The lowest BCUT2D eigenvalue weighted by Crippen LogP contribution is -2.36. The lowest BCUT2D eigenvalue weighted by Gasteiger charge is -2.29. The second-order valence-electron chi connectivity index (χ2n) is 11.9. The van der Waals surface area contributed by atoms with Crippen molar-refractivity contribution < 1.29 is 17.9 Å². The summed E-state index contributed by atoms with van der Waals surface area (Å²) in [6, 6.07) is 28.5. The Morgan fingerprint density at radius 1 is 0.884 bits per heavy atom. The monoisotopic (exact) mass is 597 g/mol. The predicted molar refractivity (Wildman–Crippen MR) is 169 cm³/mol. The molecule has 8 heteroatoms. The molecule has 43 heavy (non-hydrogen) atoms. The van der Waals surface area contributed by atoms with Crippen molar-refractivity contribution in [2.24, 2.45) is 0 Å². The highest BCUT2D eigenvalue weighted by atomic mass is 32.2. The minimum absolute atomic E-state index is 0.0354. The van der Waals surface area contributed by atoms with Crippen molar-refractivity contribution in [2.75, 3.05) is 6.61 Å². The van der Waals surface area contributed by atoms with Gasteiger partial charge in [0, 0.05) is 37.0 Å². The topological polar surface area (TPSA) is 87.7 Å². The van der Waals surface area contributed by atoms with Crippen LogP contribution in [0.5, 0.6) is 5.75 Å². The van der Waals surface area contributed by atoms with Gasteiger partial charge in [0.2, 0.25) is 15.9 Å². The fourth-order valence-electron chi connectivity index (χ4n) is 6.39. The summed E-state index contributed by atoms with van der Waals surface area (Å²) in [5.41, 5.74) is 2.89. The predicted octanol–water partition coefficient (Wildman–Crippen LogP) is 6.26. The van der Waals surface area contributed by atoms with Crippen LogP contribution in [0.1, 0.15) is 68.3 Å². The molecule has 1 amide bonds. The number of likely N-dealkylation sites (tertiary alicyclic amines) is 1. The Bertz CT molecular complexity index is 1700. The molecular weight excluding hydrogens is 558 g/mol. The molecule has 1 unspecified atom stereocenters. The third-order valence-electron chi connectivity index (χ3n) is 8.87. The Hall–Kier alpha value is -3.72. The summed E-state index contributed by atoms with van der Waals surface area (Å²) in [7, 11) is -3.90. The number of amides is 1. The molecular formula is C35H39N3O4S. The molecule has 224 valence electrons. The number of hydrogen-bond donors (Lipinski definition) is 2. The van der Waals surface area contributed by atoms with E-state index >= 15 is 0 Å². The van der Waals surface area contributed by atoms with E-state index in [0.29, 0.717) is 25.1 Å². The van der Waals surface area contributed by atoms with Gasteiger partial charge in [0.15, 0.2) is 0 Å². The number of nitrogens with zero attached hydrogens (tertiary/aromatic N) is 1. The average molecular weight is 598 g/mol. The third-order valence-corrected chi connectivity index (χ3v) is 10.3. The van der Waals surface area contributed by atoms with Crippen molar-refractivity contribution in [1.29, 1.82) is 0 Å². The molecule has 4 atom stereocenters. The summed E-state index contributed by atoms with van der Waals surface area (Å²) in [6.07, 6.45) is 3.06. The molecule has 7 nitrogen and oxygen atoms in total. The Morgan fingerprint density at radius 3 is 2.37 bits per heavy atom. The van der Waals surface area contributed by atoms with Gasteiger partial charge in [-0.25, -0.2) is 13.1 Å². The molecule has 0 spiro atoms. The molecule has 2 aliphatic heterocycles. The zero-order chi connectivity index (χ0) is 30.0. The minimum atomic E-state index is -3.90. The van der Waals surface area contributed by atoms with E-state index in [1.807, 2.05) is 54.6 Å². The fourth-order valence-corrected chi connectivity index (χ4v) is 7.65. The van der Waals surface area contributed by atoms with Crippen LogP contribution in [0, 0.1) is 0 Å². The average Bonchev–Trinajstić information content (AvgIpc) is 3.33. The third kappa shape index (κ3) is 6.61. The van der Waals surface area contributed by atoms with E-state index in [1.54, 1.807) is 18.2 Å². The van der Waals surface area contributed by atoms with Gasteiger partial charge >= 0.3 is 0 Å². The van der Waals surface area contributed by atoms with Gasteiger partial charge in [-0.15, -0.1) is 0 Å². The van der Waals surface area contributed by atoms with Gasteiger partial charge in [0.25, 0.3) is 0 Å². The molecule has 0 bridgehead atoms. The zero-order valence-electron chi connectivity index (χ0n) is 24.7. The first kappa shape index (κ1) is 29.4. The van der Waals surface area contributed by atoms with Gasteiger partial charge in [0.05, 0.1) is 23.6 Å². The van der Waals surface area contributed by atoms with Crippen molar-refractivity contribution in [2.45, 2.75) is 75.1 Å². The van der Waals surface area contributed by atoms with E-state index < -0.39 is 16.1 Å². The van der Waals surface area contributed by atoms with Gasteiger partial charge in [-0.1, -0.05) is 72.8 Å². The second kappa shape index (κ2) is 12.5. The van der Waals surface area contributed by atoms with Crippen molar-refractivity contribution in [1.82, 2.24) is 14.9 Å². The lowest BCUT2D eigenvalue weighted by atomic mass is 9.97. The normalized spacial score (nSPS) is 21.2. The summed E-state index contributed by atoms with van der Waals surface area (Å²) in [6.45, 7) is 5.96. The van der Waals surface area contributed by atoms with Gasteiger partial charge in [-0.3, -0.25) is 9.69 Å². The van der Waals surface area contributed by atoms with E-state index in [4.69, 9.17) is 4.74 Å². The molecule has 1 saturated heterocycles. The Balaban J connectivity index is 1.17. The minimum Gasteiger partial charge on any atom is -0.493 e. The van der Waals surface area contributed by atoms with E-state index in [0.717, 1.165) is 34.2 Å². The molecule has 1 fully saturated rings. The number of hydrogen-bond acceptors (Lipinski definition) is 5. The van der Waals surface area contributed by atoms with Gasteiger partial charge in [-0.2, -0.15) is 0 Å². The maximum absolute atomic E-state index is 13.5. The lowest BCUT2D eigenvalue weighted by molar-refractivity contribution is -0.122. The van der Waals surface area contributed by atoms with Crippen LogP contribution in [0.2, 0.25) is 0 Å². The molecule has 0 aromatic heterocycles. The number of ether oxygens (including phenoxy) is 1. The maximum Gasteiger partial charge on any atom is 0.241 e. The number of carbonyl (C=O) groups is 1. The van der Waals surface area contributed by atoms with E-state index in [9.17, 15) is 13.2 Å². The highest BCUT2D eigenvalue weighted by molar-refractivity contribution is 7.89. The van der Waals surface area contributed by atoms with Crippen molar-refractivity contribution in [3.8, 4) is 5.75 Å². The van der Waals surface area contributed by atoms with Crippen LogP contribution in [0.3, 0.4) is 0 Å². The van der Waals surface area contributed by atoms with Crippen LogP contribution in [-0.4, -0.2) is 37.9 Å². The van der Waals surface area contributed by atoms with Crippen LogP contribution >= 0.6 is 0 Å². The van der Waals surface area contributed by atoms with Crippen LogP contribution < -0.4 is 14.8 Å². The number of benzene rings is 4.